The molecule has 0 spiro atoms. The smallest absolute Gasteiger partial charge is 0.244 e. The Hall–Kier alpha value is -1.27. The van der Waals surface area contributed by atoms with Crippen molar-refractivity contribution in [2.45, 2.75) is 32.4 Å². The van der Waals surface area contributed by atoms with Gasteiger partial charge in [-0.2, -0.15) is 0 Å². The van der Waals surface area contributed by atoms with Crippen molar-refractivity contribution in [3.8, 4) is 0 Å². The lowest BCUT2D eigenvalue weighted by Gasteiger charge is -2.14. The van der Waals surface area contributed by atoms with E-state index in [1.165, 1.54) is 0 Å². The van der Waals surface area contributed by atoms with E-state index >= 15 is 0 Å². The third-order valence-electron chi connectivity index (χ3n) is 2.43. The first-order valence-electron chi connectivity index (χ1n) is 5.08. The number of rotatable bonds is 3. The summed E-state index contributed by atoms with van der Waals surface area (Å²) >= 11 is 1.55. The van der Waals surface area contributed by atoms with Crippen LogP contribution in [-0.2, 0) is 9.59 Å². The van der Waals surface area contributed by atoms with Gasteiger partial charge in [0.1, 0.15) is 5.01 Å². The summed E-state index contributed by atoms with van der Waals surface area (Å²) in [6, 6.07) is -0.438. The predicted molar refractivity (Wildman–Crippen MR) is 60.0 cm³/mol. The maximum atomic E-state index is 11.3. The molecule has 2 rings (SSSR count). The van der Waals surface area contributed by atoms with Crippen molar-refractivity contribution in [3.63, 3.8) is 0 Å². The van der Waals surface area contributed by atoms with Gasteiger partial charge in [0.15, 0.2) is 0 Å². The minimum absolute atomic E-state index is 0.0136. The molecule has 6 heteroatoms. The normalized spacial score (nSPS) is 22.2. The molecular weight excluding hydrogens is 226 g/mol. The number of thiazole rings is 1. The van der Waals surface area contributed by atoms with Crippen LogP contribution >= 0.6 is 11.3 Å². The lowest BCUT2D eigenvalue weighted by molar-refractivity contribution is -0.125. The molecular formula is C10H13N3O2S. The maximum Gasteiger partial charge on any atom is 0.244 e. The van der Waals surface area contributed by atoms with Gasteiger partial charge in [0.25, 0.3) is 0 Å². The van der Waals surface area contributed by atoms with Gasteiger partial charge in [-0.3, -0.25) is 20.2 Å². The van der Waals surface area contributed by atoms with E-state index in [1.54, 1.807) is 11.3 Å². The van der Waals surface area contributed by atoms with E-state index in [2.05, 4.69) is 15.6 Å². The fourth-order valence-electron chi connectivity index (χ4n) is 1.63. The number of hydrogen-bond donors (Lipinski definition) is 2. The zero-order chi connectivity index (χ0) is 11.7. The van der Waals surface area contributed by atoms with Crippen LogP contribution in [0.15, 0.2) is 5.38 Å². The highest BCUT2D eigenvalue weighted by molar-refractivity contribution is 7.09. The largest absolute Gasteiger partial charge is 0.297 e. The van der Waals surface area contributed by atoms with E-state index in [0.29, 0.717) is 0 Å². The van der Waals surface area contributed by atoms with Gasteiger partial charge < -0.3 is 0 Å². The van der Waals surface area contributed by atoms with Crippen LogP contribution < -0.4 is 10.6 Å². The molecule has 0 bridgehead atoms. The second kappa shape index (κ2) is 4.31. The van der Waals surface area contributed by atoms with Crippen LogP contribution in [0.4, 0.5) is 0 Å². The lowest BCUT2D eigenvalue weighted by atomic mass is 10.2. The molecule has 1 saturated heterocycles. The van der Waals surface area contributed by atoms with Gasteiger partial charge in [0.2, 0.25) is 11.8 Å². The van der Waals surface area contributed by atoms with Crippen LogP contribution in [-0.4, -0.2) is 22.8 Å². The number of amides is 2. The van der Waals surface area contributed by atoms with E-state index < -0.39 is 6.04 Å². The third kappa shape index (κ3) is 2.28. The number of carbonyl (C=O) groups is 2. The average molecular weight is 239 g/mol. The molecule has 2 N–H and O–H groups in total. The highest BCUT2D eigenvalue weighted by Gasteiger charge is 2.31. The number of hydrogen-bond acceptors (Lipinski definition) is 5. The first-order chi connectivity index (χ1) is 7.56. The molecule has 2 atom stereocenters. The van der Waals surface area contributed by atoms with E-state index in [0.717, 1.165) is 10.7 Å². The monoisotopic (exact) mass is 239 g/mol. The first-order valence-corrected chi connectivity index (χ1v) is 5.96. The van der Waals surface area contributed by atoms with Crippen LogP contribution in [0.3, 0.4) is 0 Å². The van der Waals surface area contributed by atoms with Gasteiger partial charge in [-0.25, -0.2) is 4.98 Å². The number of aryl methyl sites for hydroxylation is 1. The Bertz CT molecular complexity index is 429. The zero-order valence-electron chi connectivity index (χ0n) is 9.11. The van der Waals surface area contributed by atoms with Gasteiger partial charge >= 0.3 is 0 Å². The minimum Gasteiger partial charge on any atom is -0.297 e. The Balaban J connectivity index is 2.00. The van der Waals surface area contributed by atoms with E-state index in [9.17, 15) is 9.59 Å². The first kappa shape index (κ1) is 11.2. The Kier molecular flexibility index (Phi) is 3.02. The van der Waals surface area contributed by atoms with Crippen LogP contribution in [0.25, 0.3) is 0 Å². The number of nitrogens with zero attached hydrogens (tertiary/aromatic N) is 1. The molecule has 1 aromatic rings. The van der Waals surface area contributed by atoms with Crippen molar-refractivity contribution in [1.29, 1.82) is 0 Å². The van der Waals surface area contributed by atoms with Crippen molar-refractivity contribution < 1.29 is 9.59 Å². The second-order valence-corrected chi connectivity index (χ2v) is 4.77. The van der Waals surface area contributed by atoms with Gasteiger partial charge in [-0.15, -0.1) is 11.3 Å². The number of aromatic nitrogens is 1. The molecule has 0 aromatic carbocycles. The summed E-state index contributed by atoms with van der Waals surface area (Å²) in [5.41, 5.74) is 0.973. The molecule has 1 aromatic heterocycles. The quantitative estimate of drug-likeness (QED) is 0.754. The molecule has 16 heavy (non-hydrogen) atoms. The summed E-state index contributed by atoms with van der Waals surface area (Å²) in [4.78, 5) is 26.7. The van der Waals surface area contributed by atoms with Crippen LogP contribution in [0.2, 0.25) is 0 Å². The Morgan fingerprint density at radius 1 is 1.62 bits per heavy atom. The summed E-state index contributed by atoms with van der Waals surface area (Å²) in [6.45, 7) is 3.87. The van der Waals surface area contributed by atoms with Gasteiger partial charge in [0, 0.05) is 11.1 Å². The SMILES string of the molecule is Cc1csc(C(C)NC2CC(=O)NC2=O)n1. The highest BCUT2D eigenvalue weighted by atomic mass is 32.1. The molecule has 86 valence electrons. The van der Waals surface area contributed by atoms with E-state index in [4.69, 9.17) is 0 Å². The predicted octanol–water partition coefficient (Wildman–Crippen LogP) is 0.517. The molecule has 1 aliphatic heterocycles. The van der Waals surface area contributed by atoms with Crippen LogP contribution in [0.5, 0.6) is 0 Å². The summed E-state index contributed by atoms with van der Waals surface area (Å²) in [5.74, 6) is -0.463. The molecule has 0 radical (unpaired) electrons. The standard InChI is InChI=1S/C10H13N3O2S/c1-5-4-16-10(11-5)6(2)12-7-3-8(14)13-9(7)15/h4,6-7,12H,3H2,1-2H3,(H,13,14,15). The minimum atomic E-state index is -0.424. The fourth-order valence-corrected chi connectivity index (χ4v) is 2.45. The van der Waals surface area contributed by atoms with Gasteiger partial charge in [0.05, 0.1) is 18.5 Å². The van der Waals surface area contributed by atoms with Crippen LogP contribution in [0, 0.1) is 6.92 Å². The molecule has 0 aliphatic carbocycles. The summed E-state index contributed by atoms with van der Waals surface area (Å²) in [5, 5.41) is 8.28. The number of carbonyl (C=O) groups excluding carboxylic acids is 2. The zero-order valence-corrected chi connectivity index (χ0v) is 9.93. The van der Waals surface area contributed by atoms with Crippen molar-refractivity contribution in [2.24, 2.45) is 0 Å². The lowest BCUT2D eigenvalue weighted by Crippen LogP contribution is -2.37. The fraction of sp³-hybridized carbons (Fsp3) is 0.500. The summed E-state index contributed by atoms with van der Waals surface area (Å²) in [7, 11) is 0. The highest BCUT2D eigenvalue weighted by Crippen LogP contribution is 2.19. The molecule has 2 unspecified atom stereocenters. The Labute approximate surface area is 97.3 Å². The molecule has 1 fully saturated rings. The average Bonchev–Trinajstić information content (AvgIpc) is 2.74. The maximum absolute atomic E-state index is 11.3. The van der Waals surface area contributed by atoms with E-state index in [1.807, 2.05) is 19.2 Å². The third-order valence-corrected chi connectivity index (χ3v) is 3.57. The van der Waals surface area contributed by atoms with Crippen molar-refractivity contribution in [2.75, 3.05) is 0 Å². The molecule has 2 amide bonds. The van der Waals surface area contributed by atoms with Crippen molar-refractivity contribution >= 4 is 23.2 Å². The Morgan fingerprint density at radius 3 is 2.88 bits per heavy atom. The number of imide groups is 1. The van der Waals surface area contributed by atoms with Gasteiger partial charge in [-0.1, -0.05) is 0 Å². The van der Waals surface area contributed by atoms with Crippen molar-refractivity contribution in [3.05, 3.63) is 16.1 Å². The second-order valence-electron chi connectivity index (χ2n) is 3.88. The molecule has 2 heterocycles. The molecule has 0 saturated carbocycles. The van der Waals surface area contributed by atoms with Crippen molar-refractivity contribution in [1.82, 2.24) is 15.6 Å². The van der Waals surface area contributed by atoms with Gasteiger partial charge in [-0.05, 0) is 13.8 Å². The van der Waals surface area contributed by atoms with Crippen LogP contribution in [0.1, 0.15) is 30.1 Å². The van der Waals surface area contributed by atoms with E-state index in [-0.39, 0.29) is 24.3 Å². The summed E-state index contributed by atoms with van der Waals surface area (Å²) < 4.78 is 0. The number of nitrogens with one attached hydrogen (secondary N) is 2. The summed E-state index contributed by atoms with van der Waals surface area (Å²) in [6.07, 6.45) is 0.216. The Morgan fingerprint density at radius 2 is 2.38 bits per heavy atom. The molecule has 5 nitrogen and oxygen atoms in total. The molecule has 1 aliphatic rings. The topological polar surface area (TPSA) is 71.1 Å².